The summed E-state index contributed by atoms with van der Waals surface area (Å²) >= 11 is 0. The first kappa shape index (κ1) is 15.6. The lowest BCUT2D eigenvalue weighted by Crippen LogP contribution is -2.31. The van der Waals surface area contributed by atoms with Crippen LogP contribution < -0.4 is 10.1 Å². The van der Waals surface area contributed by atoms with E-state index in [0.29, 0.717) is 24.9 Å². The smallest absolute Gasteiger partial charge is 0.406 e. The molecular weight excluding hydrogens is 321 g/mol. The lowest BCUT2D eigenvalue weighted by Gasteiger charge is -2.17. The molecule has 5 nitrogen and oxygen atoms in total. The molecule has 2 unspecified atom stereocenters. The Morgan fingerprint density at radius 2 is 1.64 bits per heavy atom. The molecule has 22 heavy (non-hydrogen) atoms. The van der Waals surface area contributed by atoms with Crippen LogP contribution in [0.4, 0.5) is 13.2 Å². The van der Waals surface area contributed by atoms with Crippen molar-refractivity contribution in [2.24, 2.45) is 11.8 Å². The second kappa shape index (κ2) is 5.39. The van der Waals surface area contributed by atoms with E-state index in [1.807, 2.05) is 0 Å². The molecule has 1 aromatic carbocycles. The number of fused-ring (bicyclic) bond motifs is 1. The Balaban J connectivity index is 1.75. The molecule has 2 heterocycles. The van der Waals surface area contributed by atoms with Crippen LogP contribution in [0.3, 0.4) is 0 Å². The molecule has 1 N–H and O–H groups in total. The van der Waals surface area contributed by atoms with Gasteiger partial charge in [0.25, 0.3) is 0 Å². The van der Waals surface area contributed by atoms with Crippen molar-refractivity contribution in [3.63, 3.8) is 0 Å². The van der Waals surface area contributed by atoms with Gasteiger partial charge in [-0.2, -0.15) is 4.31 Å². The van der Waals surface area contributed by atoms with Crippen LogP contribution in [0.5, 0.6) is 5.75 Å². The third-order valence-corrected chi connectivity index (χ3v) is 5.90. The van der Waals surface area contributed by atoms with Crippen molar-refractivity contribution in [3.05, 3.63) is 24.3 Å². The van der Waals surface area contributed by atoms with E-state index in [4.69, 9.17) is 0 Å². The van der Waals surface area contributed by atoms with Crippen molar-refractivity contribution in [2.45, 2.75) is 11.3 Å². The predicted octanol–water partition coefficient (Wildman–Crippen LogP) is 1.43. The molecule has 2 atom stereocenters. The Morgan fingerprint density at radius 3 is 2.14 bits per heavy atom. The highest BCUT2D eigenvalue weighted by Crippen LogP contribution is 2.31. The van der Waals surface area contributed by atoms with Crippen LogP contribution in [0.1, 0.15) is 0 Å². The molecule has 0 aromatic heterocycles. The SMILES string of the molecule is O=S(=O)(c1ccc(OC(F)(F)F)cc1)N1CC2CNCC2C1. The van der Waals surface area contributed by atoms with Gasteiger partial charge in [-0.1, -0.05) is 0 Å². The maximum atomic E-state index is 12.5. The van der Waals surface area contributed by atoms with E-state index >= 15 is 0 Å². The van der Waals surface area contributed by atoms with Crippen molar-refractivity contribution < 1.29 is 26.3 Å². The number of benzene rings is 1. The highest BCUT2D eigenvalue weighted by Gasteiger charge is 2.41. The van der Waals surface area contributed by atoms with Crippen LogP contribution in [0.2, 0.25) is 0 Å². The van der Waals surface area contributed by atoms with E-state index in [9.17, 15) is 21.6 Å². The van der Waals surface area contributed by atoms with Gasteiger partial charge in [-0.05, 0) is 49.2 Å². The summed E-state index contributed by atoms with van der Waals surface area (Å²) in [6.07, 6.45) is -4.79. The van der Waals surface area contributed by atoms with E-state index < -0.39 is 22.1 Å². The minimum Gasteiger partial charge on any atom is -0.406 e. The second-order valence-corrected chi connectivity index (χ2v) is 7.46. The van der Waals surface area contributed by atoms with Crippen LogP contribution in [-0.4, -0.2) is 45.3 Å². The zero-order chi connectivity index (χ0) is 16.0. The van der Waals surface area contributed by atoms with Crippen LogP contribution in [-0.2, 0) is 10.0 Å². The van der Waals surface area contributed by atoms with Gasteiger partial charge in [-0.3, -0.25) is 0 Å². The molecule has 0 bridgehead atoms. The van der Waals surface area contributed by atoms with E-state index in [2.05, 4.69) is 10.1 Å². The van der Waals surface area contributed by atoms with Gasteiger partial charge in [-0.25, -0.2) is 8.42 Å². The maximum absolute atomic E-state index is 12.5. The number of sulfonamides is 1. The lowest BCUT2D eigenvalue weighted by molar-refractivity contribution is -0.274. The van der Waals surface area contributed by atoms with Gasteiger partial charge < -0.3 is 10.1 Å². The Kier molecular flexibility index (Phi) is 3.82. The third kappa shape index (κ3) is 3.06. The van der Waals surface area contributed by atoms with Gasteiger partial charge in [0.2, 0.25) is 10.0 Å². The molecule has 0 spiro atoms. The highest BCUT2D eigenvalue weighted by atomic mass is 32.2. The number of nitrogens with one attached hydrogen (secondary N) is 1. The molecule has 122 valence electrons. The maximum Gasteiger partial charge on any atom is 0.573 e. The van der Waals surface area contributed by atoms with Gasteiger partial charge in [-0.15, -0.1) is 13.2 Å². The fourth-order valence-corrected chi connectivity index (χ4v) is 4.52. The molecule has 0 aliphatic carbocycles. The molecule has 3 rings (SSSR count). The number of rotatable bonds is 3. The molecule has 0 radical (unpaired) electrons. The fourth-order valence-electron chi connectivity index (χ4n) is 2.97. The van der Waals surface area contributed by atoms with Crippen LogP contribution in [0.25, 0.3) is 0 Å². The van der Waals surface area contributed by atoms with Crippen molar-refractivity contribution in [1.82, 2.24) is 9.62 Å². The first-order valence-electron chi connectivity index (χ1n) is 6.82. The van der Waals surface area contributed by atoms with Gasteiger partial charge in [0, 0.05) is 13.1 Å². The highest BCUT2D eigenvalue weighted by molar-refractivity contribution is 7.89. The fraction of sp³-hybridized carbons (Fsp3) is 0.538. The molecule has 1 aromatic rings. The van der Waals surface area contributed by atoms with Crippen LogP contribution >= 0.6 is 0 Å². The molecule has 2 fully saturated rings. The Morgan fingerprint density at radius 1 is 1.09 bits per heavy atom. The van der Waals surface area contributed by atoms with E-state index in [0.717, 1.165) is 37.4 Å². The molecule has 9 heteroatoms. The first-order valence-corrected chi connectivity index (χ1v) is 8.26. The molecule has 2 saturated heterocycles. The summed E-state index contributed by atoms with van der Waals surface area (Å²) in [6, 6.07) is 4.31. The van der Waals surface area contributed by atoms with Gasteiger partial charge in [0.1, 0.15) is 5.75 Å². The summed E-state index contributed by atoms with van der Waals surface area (Å²) in [5.74, 6) is 0.180. The summed E-state index contributed by atoms with van der Waals surface area (Å²) in [6.45, 7) is 2.49. The molecule has 2 aliphatic heterocycles. The number of hydrogen-bond donors (Lipinski definition) is 1. The summed E-state index contributed by atoms with van der Waals surface area (Å²) < 4.78 is 66.4. The standard InChI is InChI=1S/C13H15F3N2O3S/c14-13(15,16)21-11-1-3-12(4-2-11)22(19,20)18-7-9-5-17-6-10(9)8-18/h1-4,9-10,17H,5-8H2. The molecule has 2 aliphatic rings. The van der Waals surface area contributed by atoms with Crippen molar-refractivity contribution in [1.29, 1.82) is 0 Å². The first-order chi connectivity index (χ1) is 10.3. The Bertz CT molecular complexity index is 633. The largest absolute Gasteiger partial charge is 0.573 e. The number of halogens is 3. The normalized spacial score (nSPS) is 26.1. The van der Waals surface area contributed by atoms with E-state index in [-0.39, 0.29) is 4.90 Å². The monoisotopic (exact) mass is 336 g/mol. The third-order valence-electron chi connectivity index (χ3n) is 4.05. The second-order valence-electron chi connectivity index (χ2n) is 5.52. The average Bonchev–Trinajstić information content (AvgIpc) is 2.98. The quantitative estimate of drug-likeness (QED) is 0.907. The minimum absolute atomic E-state index is 0.0186. The predicted molar refractivity (Wildman–Crippen MR) is 71.7 cm³/mol. The van der Waals surface area contributed by atoms with Gasteiger partial charge in [0.15, 0.2) is 0 Å². The van der Waals surface area contributed by atoms with Crippen molar-refractivity contribution >= 4 is 10.0 Å². The molecule has 0 saturated carbocycles. The molecule has 0 amide bonds. The number of alkyl halides is 3. The van der Waals surface area contributed by atoms with E-state index in [1.165, 1.54) is 4.31 Å². The number of ether oxygens (including phenoxy) is 1. The average molecular weight is 336 g/mol. The van der Waals surface area contributed by atoms with Crippen LogP contribution in [0, 0.1) is 11.8 Å². The summed E-state index contributed by atoms with van der Waals surface area (Å²) in [5.41, 5.74) is 0. The minimum atomic E-state index is -4.79. The van der Waals surface area contributed by atoms with Gasteiger partial charge >= 0.3 is 6.36 Å². The summed E-state index contributed by atoms with van der Waals surface area (Å²) in [5, 5.41) is 3.22. The van der Waals surface area contributed by atoms with E-state index in [1.54, 1.807) is 0 Å². The number of nitrogens with zero attached hydrogens (tertiary/aromatic N) is 1. The van der Waals surface area contributed by atoms with Crippen molar-refractivity contribution in [3.8, 4) is 5.75 Å². The summed E-state index contributed by atoms with van der Waals surface area (Å²) in [7, 11) is -3.67. The topological polar surface area (TPSA) is 58.6 Å². The zero-order valence-electron chi connectivity index (χ0n) is 11.5. The van der Waals surface area contributed by atoms with Crippen LogP contribution in [0.15, 0.2) is 29.2 Å². The summed E-state index contributed by atoms with van der Waals surface area (Å²) in [4.78, 5) is -0.0186. The Hall–Kier alpha value is -1.32. The lowest BCUT2D eigenvalue weighted by atomic mass is 10.0. The molecular formula is C13H15F3N2O3S. The van der Waals surface area contributed by atoms with Crippen molar-refractivity contribution in [2.75, 3.05) is 26.2 Å². The zero-order valence-corrected chi connectivity index (χ0v) is 12.3. The Labute approximate surface area is 126 Å². The number of hydrogen-bond acceptors (Lipinski definition) is 4. The van der Waals surface area contributed by atoms with Gasteiger partial charge in [0.05, 0.1) is 4.90 Å².